The molecule has 0 unspecified atom stereocenters. The summed E-state index contributed by atoms with van der Waals surface area (Å²) in [6.45, 7) is 4.03. The van der Waals surface area contributed by atoms with E-state index < -0.39 is 0 Å². The van der Waals surface area contributed by atoms with Crippen molar-refractivity contribution in [3.05, 3.63) is 46.8 Å². The van der Waals surface area contributed by atoms with Gasteiger partial charge in [0.1, 0.15) is 0 Å². The Kier molecular flexibility index (Phi) is 3.14. The molecule has 102 valence electrons. The van der Waals surface area contributed by atoms with Crippen LogP contribution in [0.25, 0.3) is 21.2 Å². The minimum Gasteiger partial charge on any atom is -0.504 e. The molecule has 3 heteroatoms. The van der Waals surface area contributed by atoms with Crippen molar-refractivity contribution in [2.45, 2.75) is 13.8 Å². The van der Waals surface area contributed by atoms with Crippen LogP contribution in [0.2, 0.25) is 0 Å². The lowest BCUT2D eigenvalue weighted by molar-refractivity contribution is 0.372. The van der Waals surface area contributed by atoms with Gasteiger partial charge in [-0.1, -0.05) is 18.2 Å². The van der Waals surface area contributed by atoms with Crippen LogP contribution in [0.15, 0.2) is 36.4 Å². The molecule has 2 nitrogen and oxygen atoms in total. The van der Waals surface area contributed by atoms with Crippen molar-refractivity contribution in [2.75, 3.05) is 7.11 Å². The van der Waals surface area contributed by atoms with Gasteiger partial charge in [0.25, 0.3) is 0 Å². The molecule has 3 rings (SSSR count). The highest BCUT2D eigenvalue weighted by Crippen LogP contribution is 2.42. The van der Waals surface area contributed by atoms with Crippen molar-refractivity contribution < 1.29 is 9.84 Å². The third-order valence-electron chi connectivity index (χ3n) is 3.55. The molecule has 0 bridgehead atoms. The second-order valence-corrected chi connectivity index (χ2v) is 6.13. The number of benzene rings is 2. The molecule has 0 spiro atoms. The van der Waals surface area contributed by atoms with Gasteiger partial charge in [0.05, 0.1) is 7.11 Å². The highest BCUT2D eigenvalue weighted by Gasteiger charge is 2.14. The van der Waals surface area contributed by atoms with Crippen molar-refractivity contribution >= 4 is 21.4 Å². The number of ether oxygens (including phenoxy) is 1. The van der Waals surface area contributed by atoms with E-state index in [-0.39, 0.29) is 5.75 Å². The highest BCUT2D eigenvalue weighted by atomic mass is 32.1. The Balaban J connectivity index is 2.31. The highest BCUT2D eigenvalue weighted by molar-refractivity contribution is 7.19. The third-order valence-corrected chi connectivity index (χ3v) is 4.63. The summed E-state index contributed by atoms with van der Waals surface area (Å²) in [7, 11) is 1.58. The summed E-state index contributed by atoms with van der Waals surface area (Å²) < 4.78 is 6.55. The Morgan fingerprint density at radius 1 is 1.10 bits per heavy atom. The van der Waals surface area contributed by atoms with E-state index in [0.717, 1.165) is 11.1 Å². The molecule has 0 saturated heterocycles. The van der Waals surface area contributed by atoms with Gasteiger partial charge in [0, 0.05) is 20.5 Å². The molecule has 1 N–H and O–H groups in total. The number of rotatable bonds is 2. The van der Waals surface area contributed by atoms with Crippen molar-refractivity contribution in [1.82, 2.24) is 0 Å². The summed E-state index contributed by atoms with van der Waals surface area (Å²) in [5.74, 6) is 0.739. The van der Waals surface area contributed by atoms with E-state index in [1.54, 1.807) is 18.4 Å². The lowest BCUT2D eigenvalue weighted by Gasteiger charge is -2.10. The number of aromatic hydroxyl groups is 1. The summed E-state index contributed by atoms with van der Waals surface area (Å²) in [6.07, 6.45) is 0. The zero-order valence-electron chi connectivity index (χ0n) is 11.7. The van der Waals surface area contributed by atoms with Gasteiger partial charge in [-0.3, -0.25) is 0 Å². The molecule has 2 aromatic carbocycles. The number of fused-ring (bicyclic) bond motifs is 1. The fraction of sp³-hybridized carbons (Fsp3) is 0.176. The molecule has 1 aromatic heterocycles. The number of thiophene rings is 1. The fourth-order valence-electron chi connectivity index (χ4n) is 2.57. The van der Waals surface area contributed by atoms with Crippen molar-refractivity contribution in [2.24, 2.45) is 0 Å². The number of hydrogen-bond donors (Lipinski definition) is 1. The molecular formula is C17H16O2S. The molecule has 0 aliphatic heterocycles. The van der Waals surface area contributed by atoms with Crippen molar-refractivity contribution in [1.29, 1.82) is 0 Å². The minimum absolute atomic E-state index is 0.216. The predicted molar refractivity (Wildman–Crippen MR) is 85.0 cm³/mol. The molecule has 0 fully saturated rings. The van der Waals surface area contributed by atoms with Gasteiger partial charge in [0.2, 0.25) is 0 Å². The first-order chi connectivity index (χ1) is 9.61. The summed E-state index contributed by atoms with van der Waals surface area (Å²) >= 11 is 1.79. The van der Waals surface area contributed by atoms with Gasteiger partial charge in [-0.15, -0.1) is 11.3 Å². The first-order valence-electron chi connectivity index (χ1n) is 6.48. The summed E-state index contributed by atoms with van der Waals surface area (Å²) in [5.41, 5.74) is 3.15. The first-order valence-corrected chi connectivity index (χ1v) is 7.29. The molecule has 0 amide bonds. The molecule has 3 aromatic rings. The third kappa shape index (κ3) is 1.95. The maximum Gasteiger partial charge on any atom is 0.161 e. The zero-order chi connectivity index (χ0) is 14.3. The van der Waals surface area contributed by atoms with E-state index in [2.05, 4.69) is 31.2 Å². The van der Waals surface area contributed by atoms with Crippen LogP contribution in [-0.2, 0) is 0 Å². The van der Waals surface area contributed by atoms with Crippen LogP contribution < -0.4 is 4.74 Å². The van der Waals surface area contributed by atoms with Gasteiger partial charge in [-0.2, -0.15) is 0 Å². The largest absolute Gasteiger partial charge is 0.504 e. The van der Waals surface area contributed by atoms with E-state index in [9.17, 15) is 5.11 Å². The molecular weight excluding hydrogens is 268 g/mol. The maximum absolute atomic E-state index is 9.98. The van der Waals surface area contributed by atoms with E-state index in [1.165, 1.54) is 20.5 Å². The lowest BCUT2D eigenvalue weighted by Crippen LogP contribution is -1.88. The number of aryl methyl sites for hydroxylation is 2. The summed E-state index contributed by atoms with van der Waals surface area (Å²) in [6, 6.07) is 12.3. The normalized spacial score (nSPS) is 10.9. The van der Waals surface area contributed by atoms with Crippen LogP contribution in [0.5, 0.6) is 11.5 Å². The summed E-state index contributed by atoms with van der Waals surface area (Å²) in [4.78, 5) is 1.28. The quantitative estimate of drug-likeness (QED) is 0.725. The van der Waals surface area contributed by atoms with Crippen molar-refractivity contribution in [3.8, 4) is 22.6 Å². The molecule has 0 saturated carbocycles. The average Bonchev–Trinajstić information content (AvgIpc) is 2.77. The maximum atomic E-state index is 9.98. The predicted octanol–water partition coefficient (Wildman–Crippen LogP) is 4.90. The molecule has 0 aliphatic rings. The first kappa shape index (κ1) is 13.0. The standard InChI is InChI=1S/C17H16O2S/c1-10-8-12(9-14(19-3)17(10)18)16-11(2)20-15-7-5-4-6-13(15)16/h4-9,18H,1-3H3. The lowest BCUT2D eigenvalue weighted by atomic mass is 9.99. The van der Waals surface area contributed by atoms with E-state index in [4.69, 9.17) is 4.74 Å². The van der Waals surface area contributed by atoms with Crippen molar-refractivity contribution in [3.63, 3.8) is 0 Å². The smallest absolute Gasteiger partial charge is 0.161 e. The second-order valence-electron chi connectivity index (χ2n) is 4.87. The van der Waals surface area contributed by atoms with E-state index in [1.807, 2.05) is 19.1 Å². The van der Waals surface area contributed by atoms with Crippen LogP contribution in [0.1, 0.15) is 10.4 Å². The molecule has 0 radical (unpaired) electrons. The average molecular weight is 284 g/mol. The summed E-state index contributed by atoms with van der Waals surface area (Å²) in [5, 5.41) is 11.2. The van der Waals surface area contributed by atoms with Gasteiger partial charge < -0.3 is 9.84 Å². The Bertz CT molecular complexity index is 787. The number of hydrogen-bond acceptors (Lipinski definition) is 3. The molecule has 0 atom stereocenters. The molecule has 0 aliphatic carbocycles. The van der Waals surface area contributed by atoms with Crippen LogP contribution in [0.4, 0.5) is 0 Å². The van der Waals surface area contributed by atoms with Crippen LogP contribution >= 0.6 is 11.3 Å². The Morgan fingerprint density at radius 3 is 2.60 bits per heavy atom. The molecule has 20 heavy (non-hydrogen) atoms. The minimum atomic E-state index is 0.216. The van der Waals surface area contributed by atoms with Gasteiger partial charge >= 0.3 is 0 Å². The number of phenols is 1. The second kappa shape index (κ2) is 4.84. The van der Waals surface area contributed by atoms with Gasteiger partial charge in [-0.25, -0.2) is 0 Å². The SMILES string of the molecule is COc1cc(-c2c(C)sc3ccccc23)cc(C)c1O. The molecule has 1 heterocycles. The van der Waals surface area contributed by atoms with Crippen LogP contribution in [0, 0.1) is 13.8 Å². The van der Waals surface area contributed by atoms with Gasteiger partial charge in [-0.05, 0) is 43.2 Å². The van der Waals surface area contributed by atoms with Crippen LogP contribution in [-0.4, -0.2) is 12.2 Å². The topological polar surface area (TPSA) is 29.5 Å². The van der Waals surface area contributed by atoms with Gasteiger partial charge in [0.15, 0.2) is 11.5 Å². The Labute approximate surface area is 122 Å². The fourth-order valence-corrected chi connectivity index (χ4v) is 3.66. The zero-order valence-corrected chi connectivity index (χ0v) is 12.5. The van der Waals surface area contributed by atoms with E-state index >= 15 is 0 Å². The Hall–Kier alpha value is -2.00. The monoisotopic (exact) mass is 284 g/mol. The van der Waals surface area contributed by atoms with Crippen LogP contribution in [0.3, 0.4) is 0 Å². The number of phenolic OH excluding ortho intramolecular Hbond substituents is 1. The Morgan fingerprint density at radius 2 is 1.85 bits per heavy atom. The van der Waals surface area contributed by atoms with E-state index in [0.29, 0.717) is 5.75 Å². The number of methoxy groups -OCH3 is 1.